The molecule has 1 unspecified atom stereocenters. The number of nitrogens with zero attached hydrogens (tertiary/aromatic N) is 2. The molecule has 0 saturated carbocycles. The molecule has 1 atom stereocenters. The standard InChI is InChI=1S/C14H23N3O/c1-3-7-15-13-12(5-4-8-16-13)10-17-9-6-14(2,18)11-17/h4-5,8,18H,3,6-7,9-11H2,1-2H3,(H,15,16). The predicted molar refractivity (Wildman–Crippen MR) is 73.5 cm³/mol. The Labute approximate surface area is 109 Å². The van der Waals surface area contributed by atoms with E-state index in [1.54, 1.807) is 0 Å². The summed E-state index contributed by atoms with van der Waals surface area (Å²) in [6.07, 6.45) is 3.76. The Morgan fingerprint density at radius 3 is 3.06 bits per heavy atom. The molecule has 0 aliphatic carbocycles. The van der Waals surface area contributed by atoms with Crippen LogP contribution in [0, 0.1) is 0 Å². The molecule has 2 heterocycles. The van der Waals surface area contributed by atoms with E-state index in [1.165, 1.54) is 5.56 Å². The van der Waals surface area contributed by atoms with E-state index >= 15 is 0 Å². The highest BCUT2D eigenvalue weighted by molar-refractivity contribution is 5.43. The van der Waals surface area contributed by atoms with Crippen molar-refractivity contribution in [1.82, 2.24) is 9.88 Å². The summed E-state index contributed by atoms with van der Waals surface area (Å²) in [4.78, 5) is 6.68. The van der Waals surface area contributed by atoms with Gasteiger partial charge in [-0.25, -0.2) is 4.98 Å². The molecule has 1 aliphatic rings. The topological polar surface area (TPSA) is 48.4 Å². The third-order valence-electron chi connectivity index (χ3n) is 3.36. The zero-order valence-corrected chi connectivity index (χ0v) is 11.3. The monoisotopic (exact) mass is 249 g/mol. The Hall–Kier alpha value is -1.13. The number of anilines is 1. The number of β-amino-alcohol motifs (C(OH)–C–C–N with tert-alkyl or cyclic N) is 1. The molecule has 1 aromatic heterocycles. The third-order valence-corrected chi connectivity index (χ3v) is 3.36. The SMILES string of the molecule is CCCNc1ncccc1CN1CCC(C)(O)C1. The fourth-order valence-corrected chi connectivity index (χ4v) is 2.38. The first-order chi connectivity index (χ1) is 8.61. The fourth-order valence-electron chi connectivity index (χ4n) is 2.38. The van der Waals surface area contributed by atoms with Crippen molar-refractivity contribution < 1.29 is 5.11 Å². The van der Waals surface area contributed by atoms with Gasteiger partial charge in [-0.05, 0) is 25.8 Å². The van der Waals surface area contributed by atoms with Crippen molar-refractivity contribution in [3.63, 3.8) is 0 Å². The van der Waals surface area contributed by atoms with Gasteiger partial charge in [-0.3, -0.25) is 4.90 Å². The molecule has 0 radical (unpaired) electrons. The lowest BCUT2D eigenvalue weighted by Crippen LogP contribution is -2.29. The smallest absolute Gasteiger partial charge is 0.130 e. The van der Waals surface area contributed by atoms with Crippen LogP contribution in [0.15, 0.2) is 18.3 Å². The van der Waals surface area contributed by atoms with Gasteiger partial charge in [0.2, 0.25) is 0 Å². The van der Waals surface area contributed by atoms with Crippen LogP contribution in [-0.2, 0) is 6.54 Å². The molecule has 0 bridgehead atoms. The highest BCUT2D eigenvalue weighted by Crippen LogP contribution is 2.23. The summed E-state index contributed by atoms with van der Waals surface area (Å²) in [5.41, 5.74) is 0.683. The number of hydrogen-bond acceptors (Lipinski definition) is 4. The van der Waals surface area contributed by atoms with Crippen molar-refractivity contribution in [1.29, 1.82) is 0 Å². The normalized spacial score (nSPS) is 24.4. The maximum absolute atomic E-state index is 9.98. The third kappa shape index (κ3) is 3.43. The lowest BCUT2D eigenvalue weighted by molar-refractivity contribution is 0.0679. The van der Waals surface area contributed by atoms with Crippen molar-refractivity contribution in [2.75, 3.05) is 25.0 Å². The summed E-state index contributed by atoms with van der Waals surface area (Å²) < 4.78 is 0. The lowest BCUT2D eigenvalue weighted by Gasteiger charge is -2.20. The van der Waals surface area contributed by atoms with Gasteiger partial charge in [-0.15, -0.1) is 0 Å². The lowest BCUT2D eigenvalue weighted by atomic mass is 10.1. The molecule has 0 aromatic carbocycles. The summed E-state index contributed by atoms with van der Waals surface area (Å²) in [6.45, 7) is 7.56. The first-order valence-corrected chi connectivity index (χ1v) is 6.73. The first kappa shape index (κ1) is 13.3. The molecule has 1 aliphatic heterocycles. The molecule has 1 fully saturated rings. The second-order valence-corrected chi connectivity index (χ2v) is 5.40. The number of nitrogens with one attached hydrogen (secondary N) is 1. The molecular formula is C14H23N3O. The minimum atomic E-state index is -0.529. The highest BCUT2D eigenvalue weighted by atomic mass is 16.3. The first-order valence-electron chi connectivity index (χ1n) is 6.73. The summed E-state index contributed by atoms with van der Waals surface area (Å²) >= 11 is 0. The molecule has 4 nitrogen and oxygen atoms in total. The van der Waals surface area contributed by atoms with Crippen molar-refractivity contribution in [3.05, 3.63) is 23.9 Å². The minimum absolute atomic E-state index is 0.529. The van der Waals surface area contributed by atoms with Gasteiger partial charge in [-0.2, -0.15) is 0 Å². The Morgan fingerprint density at radius 2 is 2.39 bits per heavy atom. The molecular weight excluding hydrogens is 226 g/mol. The van der Waals surface area contributed by atoms with Crippen LogP contribution in [0.3, 0.4) is 0 Å². The van der Waals surface area contributed by atoms with Crippen molar-refractivity contribution in [2.24, 2.45) is 0 Å². The summed E-state index contributed by atoms with van der Waals surface area (Å²) in [6, 6.07) is 4.08. The van der Waals surface area contributed by atoms with Gasteiger partial charge in [0.1, 0.15) is 5.82 Å². The van der Waals surface area contributed by atoms with Gasteiger partial charge >= 0.3 is 0 Å². The number of likely N-dealkylation sites (tertiary alicyclic amines) is 1. The molecule has 100 valence electrons. The van der Waals surface area contributed by atoms with Crippen LogP contribution in [0.5, 0.6) is 0 Å². The van der Waals surface area contributed by atoms with E-state index in [-0.39, 0.29) is 0 Å². The van der Waals surface area contributed by atoms with E-state index < -0.39 is 5.60 Å². The van der Waals surface area contributed by atoms with Crippen molar-refractivity contribution >= 4 is 5.82 Å². The number of rotatable bonds is 5. The van der Waals surface area contributed by atoms with Crippen molar-refractivity contribution in [2.45, 2.75) is 38.8 Å². The molecule has 18 heavy (non-hydrogen) atoms. The van der Waals surface area contributed by atoms with E-state index in [2.05, 4.69) is 28.2 Å². The Kier molecular flexibility index (Phi) is 4.19. The maximum Gasteiger partial charge on any atom is 0.130 e. The van der Waals surface area contributed by atoms with E-state index in [0.29, 0.717) is 0 Å². The van der Waals surface area contributed by atoms with Gasteiger partial charge in [0.05, 0.1) is 5.60 Å². The van der Waals surface area contributed by atoms with Crippen LogP contribution >= 0.6 is 0 Å². The number of hydrogen-bond donors (Lipinski definition) is 2. The van der Waals surface area contributed by atoms with E-state index in [0.717, 1.165) is 44.8 Å². The van der Waals surface area contributed by atoms with E-state index in [4.69, 9.17) is 0 Å². The Bertz CT molecular complexity index is 392. The average Bonchev–Trinajstić information content (AvgIpc) is 2.68. The fraction of sp³-hybridized carbons (Fsp3) is 0.643. The van der Waals surface area contributed by atoms with Gasteiger partial charge in [0.25, 0.3) is 0 Å². The quantitative estimate of drug-likeness (QED) is 0.836. The summed E-state index contributed by atoms with van der Waals surface area (Å²) in [7, 11) is 0. The minimum Gasteiger partial charge on any atom is -0.389 e. The highest BCUT2D eigenvalue weighted by Gasteiger charge is 2.31. The molecule has 0 spiro atoms. The van der Waals surface area contributed by atoms with Crippen LogP contribution in [0.25, 0.3) is 0 Å². The van der Waals surface area contributed by atoms with Crippen LogP contribution in [0.1, 0.15) is 32.3 Å². The zero-order chi connectivity index (χ0) is 13.0. The summed E-state index contributed by atoms with van der Waals surface area (Å²) in [5, 5.41) is 13.3. The van der Waals surface area contributed by atoms with Crippen LogP contribution < -0.4 is 5.32 Å². The predicted octanol–water partition coefficient (Wildman–Crippen LogP) is 1.86. The zero-order valence-electron chi connectivity index (χ0n) is 11.3. The van der Waals surface area contributed by atoms with Crippen LogP contribution in [0.4, 0.5) is 5.82 Å². The molecule has 1 saturated heterocycles. The second-order valence-electron chi connectivity index (χ2n) is 5.40. The Balaban J connectivity index is 2.00. The van der Waals surface area contributed by atoms with E-state index in [1.807, 2.05) is 19.2 Å². The molecule has 2 rings (SSSR count). The van der Waals surface area contributed by atoms with E-state index in [9.17, 15) is 5.11 Å². The molecule has 2 N–H and O–H groups in total. The van der Waals surface area contributed by atoms with Gasteiger partial charge < -0.3 is 10.4 Å². The Morgan fingerprint density at radius 1 is 1.56 bits per heavy atom. The van der Waals surface area contributed by atoms with Crippen molar-refractivity contribution in [3.8, 4) is 0 Å². The number of aromatic nitrogens is 1. The number of pyridine rings is 1. The average molecular weight is 249 g/mol. The maximum atomic E-state index is 9.98. The van der Waals surface area contributed by atoms with Gasteiger partial charge in [0.15, 0.2) is 0 Å². The van der Waals surface area contributed by atoms with Gasteiger partial charge in [0, 0.05) is 37.9 Å². The largest absolute Gasteiger partial charge is 0.389 e. The van der Waals surface area contributed by atoms with Gasteiger partial charge in [-0.1, -0.05) is 13.0 Å². The molecule has 0 amide bonds. The second kappa shape index (κ2) is 5.67. The van der Waals surface area contributed by atoms with Crippen LogP contribution in [0.2, 0.25) is 0 Å². The molecule has 4 heteroatoms. The number of aliphatic hydroxyl groups is 1. The summed E-state index contributed by atoms with van der Waals surface area (Å²) in [5.74, 6) is 0.978. The molecule has 1 aromatic rings. The van der Waals surface area contributed by atoms with Crippen LogP contribution in [-0.4, -0.2) is 40.2 Å².